The summed E-state index contributed by atoms with van der Waals surface area (Å²) in [6, 6.07) is 15.3. The summed E-state index contributed by atoms with van der Waals surface area (Å²) in [5.41, 5.74) is 2.73. The summed E-state index contributed by atoms with van der Waals surface area (Å²) in [4.78, 5) is 0. The van der Waals surface area contributed by atoms with Gasteiger partial charge in [-0.25, -0.2) is 0 Å². The Hall–Kier alpha value is -2.51. The van der Waals surface area contributed by atoms with Gasteiger partial charge in [0.25, 0.3) is 0 Å². The first-order valence-corrected chi connectivity index (χ1v) is 6.70. The second kappa shape index (κ2) is 7.32. The van der Waals surface area contributed by atoms with Crippen molar-refractivity contribution in [3.63, 3.8) is 0 Å². The third kappa shape index (κ3) is 3.98. The third-order valence-electron chi connectivity index (χ3n) is 3.11. The Morgan fingerprint density at radius 2 is 1.90 bits per heavy atom. The highest BCUT2D eigenvalue weighted by atomic mass is 16.5. The van der Waals surface area contributed by atoms with Gasteiger partial charge in [-0.05, 0) is 42.9 Å². The summed E-state index contributed by atoms with van der Waals surface area (Å²) >= 11 is 0. The quantitative estimate of drug-likeness (QED) is 0.885. The Morgan fingerprint density at radius 3 is 2.52 bits per heavy atom. The number of hydrogen-bond donors (Lipinski definition) is 1. The maximum atomic E-state index is 8.78. The number of ether oxygens (including phenoxy) is 2. The molecular weight excluding hydrogens is 264 g/mol. The number of hydrogen-bond acceptors (Lipinski definition) is 4. The molecule has 4 nitrogen and oxygen atoms in total. The zero-order valence-corrected chi connectivity index (χ0v) is 12.2. The molecule has 0 aliphatic heterocycles. The van der Waals surface area contributed by atoms with Gasteiger partial charge >= 0.3 is 0 Å². The van der Waals surface area contributed by atoms with Gasteiger partial charge in [0.15, 0.2) is 0 Å². The van der Waals surface area contributed by atoms with Crippen LogP contribution in [0.4, 0.5) is 0 Å². The van der Waals surface area contributed by atoms with Gasteiger partial charge in [-0.1, -0.05) is 12.1 Å². The summed E-state index contributed by atoms with van der Waals surface area (Å²) in [7, 11) is 3.54. The van der Waals surface area contributed by atoms with Gasteiger partial charge in [0.1, 0.15) is 18.1 Å². The molecule has 0 bridgehead atoms. The van der Waals surface area contributed by atoms with Gasteiger partial charge in [0, 0.05) is 12.1 Å². The van der Waals surface area contributed by atoms with Crippen molar-refractivity contribution in [2.45, 2.75) is 13.2 Å². The number of nitriles is 1. The lowest BCUT2D eigenvalue weighted by Crippen LogP contribution is -2.08. The van der Waals surface area contributed by atoms with E-state index in [-0.39, 0.29) is 0 Å². The van der Waals surface area contributed by atoms with Gasteiger partial charge in [-0.3, -0.25) is 0 Å². The molecule has 2 rings (SSSR count). The monoisotopic (exact) mass is 282 g/mol. The molecule has 0 amide bonds. The highest BCUT2D eigenvalue weighted by Crippen LogP contribution is 2.25. The minimum atomic E-state index is 0.467. The van der Waals surface area contributed by atoms with Gasteiger partial charge in [0.05, 0.1) is 18.7 Å². The first kappa shape index (κ1) is 14.9. The van der Waals surface area contributed by atoms with Crippen molar-refractivity contribution in [1.29, 1.82) is 5.26 Å². The van der Waals surface area contributed by atoms with E-state index in [0.717, 1.165) is 22.6 Å². The second-order valence-corrected chi connectivity index (χ2v) is 4.60. The van der Waals surface area contributed by atoms with Crippen molar-refractivity contribution in [3.8, 4) is 17.6 Å². The zero-order valence-electron chi connectivity index (χ0n) is 12.2. The van der Waals surface area contributed by atoms with Crippen molar-refractivity contribution in [2.24, 2.45) is 0 Å². The molecule has 4 heteroatoms. The van der Waals surface area contributed by atoms with Gasteiger partial charge in [-0.15, -0.1) is 0 Å². The molecular formula is C17H18N2O2. The molecule has 0 spiro atoms. The van der Waals surface area contributed by atoms with Crippen LogP contribution in [0.3, 0.4) is 0 Å². The Bertz CT molecular complexity index is 630. The van der Waals surface area contributed by atoms with Crippen LogP contribution in [0.5, 0.6) is 11.5 Å². The molecule has 0 aliphatic carbocycles. The average molecular weight is 282 g/mol. The largest absolute Gasteiger partial charge is 0.497 e. The number of nitrogens with zero attached hydrogens (tertiary/aromatic N) is 1. The molecule has 0 radical (unpaired) electrons. The molecule has 108 valence electrons. The van der Waals surface area contributed by atoms with E-state index < -0.39 is 0 Å². The fourth-order valence-electron chi connectivity index (χ4n) is 1.99. The smallest absolute Gasteiger partial charge is 0.124 e. The van der Waals surface area contributed by atoms with Crippen LogP contribution in [-0.4, -0.2) is 14.2 Å². The Morgan fingerprint density at radius 1 is 1.14 bits per heavy atom. The van der Waals surface area contributed by atoms with E-state index in [9.17, 15) is 0 Å². The van der Waals surface area contributed by atoms with E-state index in [2.05, 4.69) is 11.4 Å². The molecule has 0 saturated heterocycles. The van der Waals surface area contributed by atoms with E-state index in [1.807, 2.05) is 37.4 Å². The molecule has 0 aromatic heterocycles. The summed E-state index contributed by atoms with van der Waals surface area (Å²) in [5, 5.41) is 11.9. The summed E-state index contributed by atoms with van der Waals surface area (Å²) in [6.07, 6.45) is 0. The number of rotatable bonds is 6. The molecule has 0 unspecified atom stereocenters. The predicted octanol–water partition coefficient (Wildman–Crippen LogP) is 2.87. The van der Waals surface area contributed by atoms with Gasteiger partial charge < -0.3 is 14.8 Å². The van der Waals surface area contributed by atoms with E-state index in [1.54, 1.807) is 19.2 Å². The molecule has 21 heavy (non-hydrogen) atoms. The second-order valence-electron chi connectivity index (χ2n) is 4.60. The van der Waals surface area contributed by atoms with Crippen molar-refractivity contribution in [3.05, 3.63) is 59.2 Å². The van der Waals surface area contributed by atoms with Crippen molar-refractivity contribution in [2.75, 3.05) is 14.2 Å². The Kier molecular flexibility index (Phi) is 5.19. The first-order valence-electron chi connectivity index (χ1n) is 6.70. The van der Waals surface area contributed by atoms with E-state index in [4.69, 9.17) is 14.7 Å². The lowest BCUT2D eigenvalue weighted by atomic mass is 10.1. The Balaban J connectivity index is 2.09. The third-order valence-corrected chi connectivity index (χ3v) is 3.11. The number of nitrogens with one attached hydrogen (secondary N) is 1. The molecule has 0 atom stereocenters. The fourth-order valence-corrected chi connectivity index (χ4v) is 1.99. The van der Waals surface area contributed by atoms with Crippen LogP contribution in [0, 0.1) is 11.3 Å². The molecule has 0 fully saturated rings. The molecule has 0 heterocycles. The zero-order chi connectivity index (χ0) is 15.1. The lowest BCUT2D eigenvalue weighted by Gasteiger charge is -2.13. The first-order chi connectivity index (χ1) is 10.3. The molecule has 1 N–H and O–H groups in total. The van der Waals surface area contributed by atoms with Crippen molar-refractivity contribution < 1.29 is 9.47 Å². The topological polar surface area (TPSA) is 54.3 Å². The molecule has 2 aromatic carbocycles. The van der Waals surface area contributed by atoms with E-state index in [0.29, 0.717) is 18.7 Å². The van der Waals surface area contributed by atoms with E-state index >= 15 is 0 Å². The van der Waals surface area contributed by atoms with Crippen LogP contribution in [0.25, 0.3) is 0 Å². The van der Waals surface area contributed by atoms with Crippen LogP contribution >= 0.6 is 0 Å². The standard InChI is InChI=1S/C17H18N2O2/c1-19-11-15-9-16(20-2)7-8-17(15)21-12-14-5-3-13(10-18)4-6-14/h3-9,19H,11-12H2,1-2H3. The molecule has 2 aromatic rings. The normalized spacial score (nSPS) is 9.95. The SMILES string of the molecule is CNCc1cc(OC)ccc1OCc1ccc(C#N)cc1. The van der Waals surface area contributed by atoms with Gasteiger partial charge in [-0.2, -0.15) is 5.26 Å². The number of methoxy groups -OCH3 is 1. The Labute approximate surface area is 124 Å². The van der Waals surface area contributed by atoms with E-state index in [1.165, 1.54) is 0 Å². The minimum absolute atomic E-state index is 0.467. The van der Waals surface area contributed by atoms with Crippen LogP contribution < -0.4 is 14.8 Å². The molecule has 0 aliphatic rings. The maximum absolute atomic E-state index is 8.78. The molecule has 0 saturated carbocycles. The summed E-state index contributed by atoms with van der Waals surface area (Å²) in [5.74, 6) is 1.64. The number of benzene rings is 2. The van der Waals surface area contributed by atoms with Gasteiger partial charge in [0.2, 0.25) is 0 Å². The highest BCUT2D eigenvalue weighted by Gasteiger charge is 2.06. The van der Waals surface area contributed by atoms with Crippen LogP contribution in [0.1, 0.15) is 16.7 Å². The van der Waals surface area contributed by atoms with Crippen LogP contribution in [-0.2, 0) is 13.2 Å². The van der Waals surface area contributed by atoms with Crippen LogP contribution in [0.2, 0.25) is 0 Å². The predicted molar refractivity (Wildman–Crippen MR) is 81.2 cm³/mol. The minimum Gasteiger partial charge on any atom is -0.497 e. The fraction of sp³-hybridized carbons (Fsp3) is 0.235. The van der Waals surface area contributed by atoms with Crippen molar-refractivity contribution >= 4 is 0 Å². The summed E-state index contributed by atoms with van der Waals surface area (Å²) < 4.78 is 11.1. The maximum Gasteiger partial charge on any atom is 0.124 e. The highest BCUT2D eigenvalue weighted by molar-refractivity contribution is 5.40. The summed E-state index contributed by atoms with van der Waals surface area (Å²) in [6.45, 7) is 1.18. The van der Waals surface area contributed by atoms with Crippen molar-refractivity contribution in [1.82, 2.24) is 5.32 Å². The average Bonchev–Trinajstić information content (AvgIpc) is 2.54. The van der Waals surface area contributed by atoms with Crippen LogP contribution in [0.15, 0.2) is 42.5 Å². The lowest BCUT2D eigenvalue weighted by molar-refractivity contribution is 0.301.